The highest BCUT2D eigenvalue weighted by molar-refractivity contribution is 7.89. The second-order valence-electron chi connectivity index (χ2n) is 4.38. The fourth-order valence-corrected chi connectivity index (χ4v) is 3.60. The Labute approximate surface area is 125 Å². The molecule has 1 aromatic carbocycles. The van der Waals surface area contributed by atoms with E-state index in [0.29, 0.717) is 11.1 Å². The first-order valence-corrected chi connectivity index (χ1v) is 7.88. The third kappa shape index (κ3) is 3.80. The molecule has 0 aromatic heterocycles. The summed E-state index contributed by atoms with van der Waals surface area (Å²) in [5.41, 5.74) is 0.766. The van der Waals surface area contributed by atoms with Crippen molar-refractivity contribution in [3.05, 3.63) is 29.3 Å². The van der Waals surface area contributed by atoms with Gasteiger partial charge < -0.3 is 4.74 Å². The van der Waals surface area contributed by atoms with Crippen LogP contribution in [0.4, 0.5) is 0 Å². The maximum absolute atomic E-state index is 12.5. The minimum absolute atomic E-state index is 0.131. The molecule has 21 heavy (non-hydrogen) atoms. The van der Waals surface area contributed by atoms with Gasteiger partial charge in [0.05, 0.1) is 23.6 Å². The highest BCUT2D eigenvalue weighted by atomic mass is 32.2. The molecule has 0 saturated carbocycles. The molecule has 1 aromatic rings. The van der Waals surface area contributed by atoms with Crippen LogP contribution >= 0.6 is 0 Å². The van der Waals surface area contributed by atoms with Crippen molar-refractivity contribution in [3.63, 3.8) is 0 Å². The fourth-order valence-electron chi connectivity index (χ4n) is 1.95. The zero-order valence-electron chi connectivity index (χ0n) is 12.3. The molecular formula is C14H18N2O4S. The Balaban J connectivity index is 3.20. The van der Waals surface area contributed by atoms with E-state index in [0.717, 1.165) is 0 Å². The van der Waals surface area contributed by atoms with E-state index >= 15 is 0 Å². The van der Waals surface area contributed by atoms with E-state index in [2.05, 4.69) is 4.74 Å². The van der Waals surface area contributed by atoms with Crippen LogP contribution in [-0.2, 0) is 14.8 Å². The average molecular weight is 310 g/mol. The number of aryl methyl sites for hydroxylation is 1. The minimum Gasteiger partial charge on any atom is -0.465 e. The molecule has 0 saturated heterocycles. The van der Waals surface area contributed by atoms with E-state index < -0.39 is 16.0 Å². The van der Waals surface area contributed by atoms with Crippen molar-refractivity contribution in [2.75, 3.05) is 20.2 Å². The molecule has 0 amide bonds. The Kier molecular flexibility index (Phi) is 5.88. The maximum Gasteiger partial charge on any atom is 0.337 e. The lowest BCUT2D eigenvalue weighted by molar-refractivity contribution is 0.0600. The first-order chi connectivity index (χ1) is 9.88. The number of nitrogens with zero attached hydrogens (tertiary/aromatic N) is 2. The molecule has 114 valence electrons. The minimum atomic E-state index is -3.67. The summed E-state index contributed by atoms with van der Waals surface area (Å²) in [6, 6.07) is 6.23. The average Bonchev–Trinajstić information content (AvgIpc) is 2.46. The van der Waals surface area contributed by atoms with E-state index in [-0.39, 0.29) is 24.4 Å². The molecule has 6 nitrogen and oxygen atoms in total. The first-order valence-electron chi connectivity index (χ1n) is 6.44. The summed E-state index contributed by atoms with van der Waals surface area (Å²) >= 11 is 0. The Morgan fingerprint density at radius 1 is 1.43 bits per heavy atom. The predicted molar refractivity (Wildman–Crippen MR) is 77.2 cm³/mol. The van der Waals surface area contributed by atoms with Crippen LogP contribution in [0.25, 0.3) is 0 Å². The Morgan fingerprint density at radius 2 is 2.10 bits per heavy atom. The van der Waals surface area contributed by atoms with Gasteiger partial charge in [-0.15, -0.1) is 0 Å². The molecule has 0 aliphatic heterocycles. The molecule has 0 radical (unpaired) electrons. The normalized spacial score (nSPS) is 11.2. The van der Waals surface area contributed by atoms with Crippen LogP contribution in [0.3, 0.4) is 0 Å². The van der Waals surface area contributed by atoms with Gasteiger partial charge in [-0.3, -0.25) is 0 Å². The number of sulfonamides is 1. The summed E-state index contributed by atoms with van der Waals surface area (Å²) in [4.78, 5) is 11.6. The molecule has 0 atom stereocenters. The second-order valence-corrected chi connectivity index (χ2v) is 6.28. The van der Waals surface area contributed by atoms with Crippen LogP contribution < -0.4 is 0 Å². The largest absolute Gasteiger partial charge is 0.465 e. The Hall–Kier alpha value is -1.91. The lowest BCUT2D eigenvalue weighted by atomic mass is 10.1. The summed E-state index contributed by atoms with van der Waals surface area (Å²) in [7, 11) is -2.41. The highest BCUT2D eigenvalue weighted by Gasteiger charge is 2.25. The van der Waals surface area contributed by atoms with Crippen molar-refractivity contribution in [1.82, 2.24) is 4.31 Å². The third-order valence-electron chi connectivity index (χ3n) is 3.04. The number of carbonyl (C=O) groups excluding carboxylic acids is 1. The highest BCUT2D eigenvalue weighted by Crippen LogP contribution is 2.21. The number of carbonyl (C=O) groups is 1. The number of benzene rings is 1. The lowest BCUT2D eigenvalue weighted by Crippen LogP contribution is -2.32. The summed E-state index contributed by atoms with van der Waals surface area (Å²) in [5, 5.41) is 8.60. The third-order valence-corrected chi connectivity index (χ3v) is 5.17. The molecule has 0 fully saturated rings. The maximum atomic E-state index is 12.5. The first kappa shape index (κ1) is 17.1. The molecular weight excluding hydrogens is 292 g/mol. The summed E-state index contributed by atoms with van der Waals surface area (Å²) in [6.07, 6.45) is 0.131. The topological polar surface area (TPSA) is 87.5 Å². The van der Waals surface area contributed by atoms with E-state index in [1.165, 1.54) is 29.6 Å². The number of esters is 1. The van der Waals surface area contributed by atoms with Crippen LogP contribution in [0.5, 0.6) is 0 Å². The van der Waals surface area contributed by atoms with Crippen LogP contribution in [0.15, 0.2) is 23.1 Å². The van der Waals surface area contributed by atoms with E-state index in [9.17, 15) is 13.2 Å². The molecule has 0 aliphatic rings. The molecule has 0 N–H and O–H groups in total. The summed E-state index contributed by atoms with van der Waals surface area (Å²) < 4.78 is 30.9. The van der Waals surface area contributed by atoms with Crippen LogP contribution in [0, 0.1) is 18.3 Å². The second kappa shape index (κ2) is 7.20. The van der Waals surface area contributed by atoms with Crippen LogP contribution in [0.1, 0.15) is 29.3 Å². The fraction of sp³-hybridized carbons (Fsp3) is 0.429. The van der Waals surface area contributed by atoms with Gasteiger partial charge in [0, 0.05) is 19.5 Å². The summed E-state index contributed by atoms with van der Waals surface area (Å²) in [5.74, 6) is -0.515. The predicted octanol–water partition coefficient (Wildman–Crippen LogP) is 1.71. The molecule has 0 aliphatic carbocycles. The molecule has 7 heteroatoms. The lowest BCUT2D eigenvalue weighted by Gasteiger charge is -2.20. The Morgan fingerprint density at radius 3 is 2.57 bits per heavy atom. The standard InChI is InChI=1S/C14H18N2O4S/c1-4-16(9-5-8-15)21(18,19)13-7-6-12(10-11(13)2)14(17)20-3/h6-7,10H,4-5,9H2,1-3H3. The van der Waals surface area contributed by atoms with Crippen molar-refractivity contribution in [2.24, 2.45) is 0 Å². The van der Waals surface area contributed by atoms with Gasteiger partial charge in [-0.1, -0.05) is 6.92 Å². The van der Waals surface area contributed by atoms with Gasteiger partial charge >= 0.3 is 5.97 Å². The molecule has 0 heterocycles. The zero-order chi connectivity index (χ0) is 16.0. The van der Waals surface area contributed by atoms with Gasteiger partial charge in [-0.2, -0.15) is 9.57 Å². The molecule has 0 bridgehead atoms. The summed E-state index contributed by atoms with van der Waals surface area (Å²) in [6.45, 7) is 3.76. The number of nitriles is 1. The Bertz CT molecular complexity index is 662. The van der Waals surface area contributed by atoms with E-state index in [4.69, 9.17) is 5.26 Å². The molecule has 1 rings (SSSR count). The number of hydrogen-bond donors (Lipinski definition) is 0. The van der Waals surface area contributed by atoms with Crippen molar-refractivity contribution in [2.45, 2.75) is 25.2 Å². The van der Waals surface area contributed by atoms with Gasteiger partial charge in [0.1, 0.15) is 0 Å². The smallest absolute Gasteiger partial charge is 0.337 e. The number of ether oxygens (including phenoxy) is 1. The van der Waals surface area contributed by atoms with Crippen molar-refractivity contribution < 1.29 is 17.9 Å². The monoisotopic (exact) mass is 310 g/mol. The van der Waals surface area contributed by atoms with Crippen LogP contribution in [0.2, 0.25) is 0 Å². The number of rotatable bonds is 6. The van der Waals surface area contributed by atoms with Gasteiger partial charge in [-0.25, -0.2) is 13.2 Å². The van der Waals surface area contributed by atoms with E-state index in [1.54, 1.807) is 13.8 Å². The SMILES string of the molecule is CCN(CCC#N)S(=O)(=O)c1ccc(C(=O)OC)cc1C. The number of hydrogen-bond acceptors (Lipinski definition) is 5. The van der Waals surface area contributed by atoms with Crippen molar-refractivity contribution in [3.8, 4) is 6.07 Å². The van der Waals surface area contributed by atoms with Crippen LogP contribution in [-0.4, -0.2) is 38.9 Å². The molecule has 0 spiro atoms. The quantitative estimate of drug-likeness (QED) is 0.746. The van der Waals surface area contributed by atoms with Gasteiger partial charge in [-0.05, 0) is 30.7 Å². The van der Waals surface area contributed by atoms with Gasteiger partial charge in [0.2, 0.25) is 10.0 Å². The zero-order valence-corrected chi connectivity index (χ0v) is 13.1. The van der Waals surface area contributed by atoms with Crippen molar-refractivity contribution in [1.29, 1.82) is 5.26 Å². The van der Waals surface area contributed by atoms with Crippen molar-refractivity contribution >= 4 is 16.0 Å². The number of methoxy groups -OCH3 is 1. The molecule has 0 unspecified atom stereocenters. The van der Waals surface area contributed by atoms with E-state index in [1.807, 2.05) is 6.07 Å². The van der Waals surface area contributed by atoms with Gasteiger partial charge in [0.25, 0.3) is 0 Å². The van der Waals surface area contributed by atoms with Gasteiger partial charge in [0.15, 0.2) is 0 Å².